The van der Waals surface area contributed by atoms with E-state index in [4.69, 9.17) is 0 Å². The zero-order chi connectivity index (χ0) is 10.7. The number of rotatable bonds is 3. The summed E-state index contributed by atoms with van der Waals surface area (Å²) in [7, 11) is -5.77. The first-order valence-corrected chi connectivity index (χ1v) is 4.65. The van der Waals surface area contributed by atoms with Crippen LogP contribution in [0.5, 0.6) is 0 Å². The van der Waals surface area contributed by atoms with Crippen LogP contribution in [-0.2, 0) is 19.1 Å². The van der Waals surface area contributed by atoms with Crippen LogP contribution in [0.3, 0.4) is 0 Å². The molecule has 0 N–H and O–H groups in total. The Labute approximate surface area is 72.8 Å². The fourth-order valence-electron chi connectivity index (χ4n) is 0.415. The van der Waals surface area contributed by atoms with E-state index in [2.05, 4.69) is 4.18 Å². The smallest absolute Gasteiger partial charge is 0.339 e. The van der Waals surface area contributed by atoms with Crippen molar-refractivity contribution < 1.29 is 30.6 Å². The minimum atomic E-state index is -5.77. The third-order valence-corrected chi connectivity index (χ3v) is 1.91. The zero-order valence-corrected chi connectivity index (χ0v) is 7.41. The lowest BCUT2D eigenvalue weighted by Gasteiger charge is -2.06. The van der Waals surface area contributed by atoms with E-state index in [1.54, 1.807) is 0 Å². The largest absolute Gasteiger partial charge is 0.534 e. The highest BCUT2D eigenvalue weighted by atomic mass is 32.2. The Kier molecular flexibility index (Phi) is 3.71. The van der Waals surface area contributed by atoms with Gasteiger partial charge < -0.3 is 4.18 Å². The first kappa shape index (κ1) is 12.2. The van der Waals surface area contributed by atoms with Crippen LogP contribution >= 0.6 is 0 Å². The van der Waals surface area contributed by atoms with Gasteiger partial charge in [-0.05, 0) is 6.42 Å². The number of halogens is 3. The van der Waals surface area contributed by atoms with E-state index in [9.17, 15) is 26.4 Å². The Balaban J connectivity index is 4.46. The summed E-state index contributed by atoms with van der Waals surface area (Å²) in [6.07, 6.45) is -0.151. The van der Waals surface area contributed by atoms with Crippen LogP contribution < -0.4 is 0 Å². The van der Waals surface area contributed by atoms with Gasteiger partial charge in [0.1, 0.15) is 0 Å². The first-order valence-electron chi connectivity index (χ1n) is 3.24. The quantitative estimate of drug-likeness (QED) is 0.529. The molecule has 0 rings (SSSR count). The molecule has 78 valence electrons. The molecule has 0 aliphatic rings. The second kappa shape index (κ2) is 3.95. The second-order valence-electron chi connectivity index (χ2n) is 2.11. The van der Waals surface area contributed by atoms with Crippen LogP contribution in [0.15, 0.2) is 0 Å². The normalized spacial score (nSPS) is 12.6. The summed E-state index contributed by atoms with van der Waals surface area (Å²) in [6.45, 7) is 1.50. The van der Waals surface area contributed by atoms with Gasteiger partial charge in [0.25, 0.3) is 0 Å². The van der Waals surface area contributed by atoms with E-state index in [-0.39, 0.29) is 12.8 Å². The number of hydrogen-bond donors (Lipinski definition) is 0. The lowest BCUT2D eigenvalue weighted by atomic mass is 10.4. The maximum absolute atomic E-state index is 11.6. The standard InChI is InChI=1S/C5H7F3O4S/c1-2-3-4(9)12-13(10,11)5(6,7)8/h2-3H2,1H3. The van der Waals surface area contributed by atoms with E-state index >= 15 is 0 Å². The molecular formula is C5H7F3O4S. The highest BCUT2D eigenvalue weighted by molar-refractivity contribution is 7.88. The highest BCUT2D eigenvalue weighted by Crippen LogP contribution is 2.24. The van der Waals surface area contributed by atoms with Crippen molar-refractivity contribution >= 4 is 16.1 Å². The summed E-state index contributed by atoms with van der Waals surface area (Å²) in [5.41, 5.74) is -5.55. The molecule has 0 spiro atoms. The lowest BCUT2D eigenvalue weighted by Crippen LogP contribution is -2.27. The van der Waals surface area contributed by atoms with Crippen molar-refractivity contribution in [3.05, 3.63) is 0 Å². The van der Waals surface area contributed by atoms with Crippen molar-refractivity contribution in [1.29, 1.82) is 0 Å². The van der Waals surface area contributed by atoms with Gasteiger partial charge in [-0.15, -0.1) is 0 Å². The molecule has 13 heavy (non-hydrogen) atoms. The Morgan fingerprint density at radius 2 is 1.85 bits per heavy atom. The summed E-state index contributed by atoms with van der Waals surface area (Å²) in [5, 5.41) is 0. The molecule has 0 aromatic carbocycles. The Hall–Kier alpha value is -0.790. The number of alkyl halides is 3. The van der Waals surface area contributed by atoms with Crippen molar-refractivity contribution in [3.8, 4) is 0 Å². The number of carbonyl (C=O) groups is 1. The lowest BCUT2D eigenvalue weighted by molar-refractivity contribution is -0.136. The van der Waals surface area contributed by atoms with Crippen molar-refractivity contribution in [2.24, 2.45) is 0 Å². The first-order chi connectivity index (χ1) is 5.70. The van der Waals surface area contributed by atoms with Crippen LogP contribution in [0.4, 0.5) is 13.2 Å². The topological polar surface area (TPSA) is 60.4 Å². The Morgan fingerprint density at radius 1 is 1.38 bits per heavy atom. The third-order valence-electron chi connectivity index (χ3n) is 0.940. The molecule has 0 radical (unpaired) electrons. The number of hydrogen-bond acceptors (Lipinski definition) is 4. The third kappa shape index (κ3) is 3.62. The summed E-state index contributed by atoms with van der Waals surface area (Å²) in [6, 6.07) is 0. The van der Waals surface area contributed by atoms with Gasteiger partial charge >= 0.3 is 21.6 Å². The number of carbonyl (C=O) groups excluding carboxylic acids is 1. The molecule has 0 aliphatic heterocycles. The fraction of sp³-hybridized carbons (Fsp3) is 0.800. The minimum Gasteiger partial charge on any atom is -0.339 e. The van der Waals surface area contributed by atoms with E-state index < -0.39 is 21.6 Å². The molecular weight excluding hydrogens is 213 g/mol. The second-order valence-corrected chi connectivity index (χ2v) is 3.64. The molecule has 8 heteroatoms. The summed E-state index contributed by atoms with van der Waals surface area (Å²) < 4.78 is 58.3. The van der Waals surface area contributed by atoms with Gasteiger partial charge in [0, 0.05) is 6.42 Å². The molecule has 4 nitrogen and oxygen atoms in total. The van der Waals surface area contributed by atoms with Gasteiger partial charge in [-0.1, -0.05) is 6.92 Å². The van der Waals surface area contributed by atoms with Gasteiger partial charge in [-0.3, -0.25) is 4.79 Å². The fourth-order valence-corrected chi connectivity index (χ4v) is 0.838. The van der Waals surface area contributed by atoms with Crippen molar-refractivity contribution in [2.75, 3.05) is 0 Å². The summed E-state index contributed by atoms with van der Waals surface area (Å²) >= 11 is 0. The molecule has 0 bridgehead atoms. The van der Waals surface area contributed by atoms with Gasteiger partial charge in [0.05, 0.1) is 0 Å². The van der Waals surface area contributed by atoms with E-state index in [0.29, 0.717) is 0 Å². The van der Waals surface area contributed by atoms with E-state index in [0.717, 1.165) is 0 Å². The molecule has 0 aromatic heterocycles. The van der Waals surface area contributed by atoms with Crippen molar-refractivity contribution in [3.63, 3.8) is 0 Å². The van der Waals surface area contributed by atoms with Gasteiger partial charge in [-0.2, -0.15) is 21.6 Å². The molecule has 0 aliphatic carbocycles. The predicted octanol–water partition coefficient (Wildman–Crippen LogP) is 1.18. The van der Waals surface area contributed by atoms with Crippen LogP contribution in [-0.4, -0.2) is 19.9 Å². The monoisotopic (exact) mass is 220 g/mol. The van der Waals surface area contributed by atoms with Crippen LogP contribution in [0, 0.1) is 0 Å². The maximum atomic E-state index is 11.6. The van der Waals surface area contributed by atoms with Crippen molar-refractivity contribution in [1.82, 2.24) is 0 Å². The summed E-state index contributed by atoms with van der Waals surface area (Å²) in [4.78, 5) is 10.4. The Morgan fingerprint density at radius 3 is 2.15 bits per heavy atom. The molecule has 0 unspecified atom stereocenters. The minimum absolute atomic E-state index is 0.214. The molecule has 0 fully saturated rings. The maximum Gasteiger partial charge on any atom is 0.534 e. The SMILES string of the molecule is CCCC(=O)OS(=O)(=O)C(F)(F)F. The van der Waals surface area contributed by atoms with Crippen LogP contribution in [0.25, 0.3) is 0 Å². The van der Waals surface area contributed by atoms with Gasteiger partial charge in [0.15, 0.2) is 0 Å². The molecule has 0 saturated carbocycles. The van der Waals surface area contributed by atoms with Crippen LogP contribution in [0.2, 0.25) is 0 Å². The highest BCUT2D eigenvalue weighted by Gasteiger charge is 2.49. The molecule has 0 saturated heterocycles. The molecule has 0 heterocycles. The van der Waals surface area contributed by atoms with Gasteiger partial charge in [0.2, 0.25) is 0 Å². The average molecular weight is 220 g/mol. The Bertz CT molecular complexity index is 279. The predicted molar refractivity (Wildman–Crippen MR) is 36.0 cm³/mol. The van der Waals surface area contributed by atoms with E-state index in [1.165, 1.54) is 6.92 Å². The molecule has 0 aromatic rings. The molecule has 0 atom stereocenters. The zero-order valence-electron chi connectivity index (χ0n) is 6.59. The van der Waals surface area contributed by atoms with Crippen molar-refractivity contribution in [2.45, 2.75) is 25.3 Å². The van der Waals surface area contributed by atoms with Crippen LogP contribution in [0.1, 0.15) is 19.8 Å². The summed E-state index contributed by atoms with van der Waals surface area (Å²) in [5.74, 6) is -1.40. The van der Waals surface area contributed by atoms with E-state index in [1.807, 2.05) is 0 Å². The van der Waals surface area contributed by atoms with Gasteiger partial charge in [-0.25, -0.2) is 0 Å². The average Bonchev–Trinajstić information content (AvgIpc) is 1.83. The molecule has 0 amide bonds.